The lowest BCUT2D eigenvalue weighted by Gasteiger charge is -2.08. The number of rotatable bonds is 9. The lowest BCUT2D eigenvalue weighted by Crippen LogP contribution is -2.23. The number of thioether (sulfide) groups is 1. The maximum atomic E-state index is 12.3. The third-order valence-electron chi connectivity index (χ3n) is 3.81. The first-order valence-electron chi connectivity index (χ1n) is 8.63. The number of anilines is 1. The lowest BCUT2D eigenvalue weighted by molar-refractivity contribution is -0.115. The fourth-order valence-corrected chi connectivity index (χ4v) is 4.25. The number of carbonyl (C=O) groups excluding carboxylic acids is 1. The predicted molar refractivity (Wildman–Crippen MR) is 110 cm³/mol. The summed E-state index contributed by atoms with van der Waals surface area (Å²) >= 11 is 1.61. The van der Waals surface area contributed by atoms with Crippen LogP contribution in [0.3, 0.4) is 0 Å². The van der Waals surface area contributed by atoms with Crippen molar-refractivity contribution < 1.29 is 17.6 Å². The molecule has 0 atom stereocenters. The summed E-state index contributed by atoms with van der Waals surface area (Å²) in [5, 5.41) is 2.78. The Kier molecular flexibility index (Phi) is 6.91. The van der Waals surface area contributed by atoms with Gasteiger partial charge in [0.05, 0.1) is 17.7 Å². The maximum absolute atomic E-state index is 12.3. The molecule has 0 saturated heterocycles. The highest BCUT2D eigenvalue weighted by Gasteiger charge is 2.14. The van der Waals surface area contributed by atoms with Crippen molar-refractivity contribution in [1.29, 1.82) is 0 Å². The second-order valence-electron chi connectivity index (χ2n) is 5.89. The smallest absolute Gasteiger partial charge is 0.240 e. The Bertz CT molecular complexity index is 986. The van der Waals surface area contributed by atoms with Crippen molar-refractivity contribution in [2.75, 3.05) is 11.1 Å². The third-order valence-corrected chi connectivity index (χ3v) is 6.24. The van der Waals surface area contributed by atoms with E-state index in [0.29, 0.717) is 23.6 Å². The molecule has 0 bridgehead atoms. The van der Waals surface area contributed by atoms with E-state index < -0.39 is 10.0 Å². The van der Waals surface area contributed by atoms with Crippen LogP contribution in [0.15, 0.2) is 87.2 Å². The standard InChI is InChI=1S/C20H20N2O4S2/c23-20(12-14-27-18-6-2-1-3-7-18)22-16-8-10-19(11-9-16)28(24,25)21-15-17-5-4-13-26-17/h1-11,13,21H,12,14-15H2,(H,22,23). The molecule has 8 heteroatoms. The molecule has 6 nitrogen and oxygen atoms in total. The SMILES string of the molecule is O=C(CCSc1ccccc1)Nc1ccc(S(=O)(=O)NCc2ccco2)cc1. The van der Waals surface area contributed by atoms with Crippen LogP contribution < -0.4 is 10.0 Å². The number of nitrogens with one attached hydrogen (secondary N) is 2. The average molecular weight is 417 g/mol. The second kappa shape index (κ2) is 9.59. The number of hydrogen-bond acceptors (Lipinski definition) is 5. The van der Waals surface area contributed by atoms with Gasteiger partial charge < -0.3 is 9.73 Å². The molecule has 2 N–H and O–H groups in total. The minimum Gasteiger partial charge on any atom is -0.468 e. The largest absolute Gasteiger partial charge is 0.468 e. The monoisotopic (exact) mass is 416 g/mol. The third kappa shape index (κ3) is 5.98. The van der Waals surface area contributed by atoms with E-state index in [-0.39, 0.29) is 17.3 Å². The summed E-state index contributed by atoms with van der Waals surface area (Å²) in [6, 6.07) is 19.3. The summed E-state index contributed by atoms with van der Waals surface area (Å²) in [5.41, 5.74) is 0.555. The molecule has 0 fully saturated rings. The van der Waals surface area contributed by atoms with Gasteiger partial charge in [-0.15, -0.1) is 11.8 Å². The molecule has 1 amide bonds. The first kappa shape index (κ1) is 20.2. The molecular weight excluding hydrogens is 396 g/mol. The summed E-state index contributed by atoms with van der Waals surface area (Å²) in [4.78, 5) is 13.3. The number of benzene rings is 2. The van der Waals surface area contributed by atoms with E-state index in [1.807, 2.05) is 30.3 Å². The Hall–Kier alpha value is -2.55. The first-order valence-corrected chi connectivity index (χ1v) is 11.1. The quantitative estimate of drug-likeness (QED) is 0.517. The van der Waals surface area contributed by atoms with Crippen LogP contribution in [0.2, 0.25) is 0 Å². The minimum atomic E-state index is -3.65. The summed E-state index contributed by atoms with van der Waals surface area (Å²) < 4.78 is 32.2. The van der Waals surface area contributed by atoms with Crippen LogP contribution in [0.1, 0.15) is 12.2 Å². The van der Waals surface area contributed by atoms with Crippen molar-refractivity contribution in [1.82, 2.24) is 4.72 Å². The first-order chi connectivity index (χ1) is 13.5. The molecule has 0 saturated carbocycles. The van der Waals surface area contributed by atoms with Gasteiger partial charge in [-0.25, -0.2) is 13.1 Å². The van der Waals surface area contributed by atoms with Crippen molar-refractivity contribution in [2.45, 2.75) is 22.8 Å². The zero-order valence-electron chi connectivity index (χ0n) is 15.0. The van der Waals surface area contributed by atoms with Gasteiger partial charge in [0.2, 0.25) is 15.9 Å². The van der Waals surface area contributed by atoms with Crippen molar-refractivity contribution in [3.63, 3.8) is 0 Å². The molecule has 2 aromatic carbocycles. The molecule has 1 aromatic heterocycles. The second-order valence-corrected chi connectivity index (χ2v) is 8.82. The molecule has 0 spiro atoms. The molecule has 28 heavy (non-hydrogen) atoms. The van der Waals surface area contributed by atoms with E-state index in [1.54, 1.807) is 36.0 Å². The Balaban J connectivity index is 1.48. The number of carbonyl (C=O) groups is 1. The zero-order valence-corrected chi connectivity index (χ0v) is 16.6. The van der Waals surface area contributed by atoms with E-state index in [1.165, 1.54) is 18.4 Å². The van der Waals surface area contributed by atoms with Gasteiger partial charge >= 0.3 is 0 Å². The molecule has 0 aliphatic carbocycles. The molecular formula is C20H20N2O4S2. The molecule has 3 rings (SSSR count). The van der Waals surface area contributed by atoms with Crippen molar-refractivity contribution >= 4 is 33.4 Å². The van der Waals surface area contributed by atoms with Crippen LogP contribution in [0, 0.1) is 0 Å². The Morgan fingerprint density at radius 2 is 1.71 bits per heavy atom. The van der Waals surface area contributed by atoms with E-state index in [9.17, 15) is 13.2 Å². The van der Waals surface area contributed by atoms with Crippen LogP contribution in [0.5, 0.6) is 0 Å². The number of sulfonamides is 1. The van der Waals surface area contributed by atoms with Gasteiger partial charge in [0, 0.05) is 22.8 Å². The van der Waals surface area contributed by atoms with E-state index in [0.717, 1.165) is 4.90 Å². The fourth-order valence-electron chi connectivity index (χ4n) is 2.38. The Morgan fingerprint density at radius 3 is 2.39 bits per heavy atom. The normalized spacial score (nSPS) is 11.3. The van der Waals surface area contributed by atoms with Crippen LogP contribution in [-0.4, -0.2) is 20.1 Å². The highest BCUT2D eigenvalue weighted by molar-refractivity contribution is 7.99. The van der Waals surface area contributed by atoms with E-state index in [2.05, 4.69) is 10.0 Å². The number of amides is 1. The van der Waals surface area contributed by atoms with Crippen LogP contribution in [0.25, 0.3) is 0 Å². The van der Waals surface area contributed by atoms with Crippen LogP contribution >= 0.6 is 11.8 Å². The minimum absolute atomic E-state index is 0.0763. The van der Waals surface area contributed by atoms with Gasteiger partial charge in [-0.3, -0.25) is 4.79 Å². The highest BCUT2D eigenvalue weighted by Crippen LogP contribution is 2.19. The average Bonchev–Trinajstić information content (AvgIpc) is 3.21. The van der Waals surface area contributed by atoms with Crippen LogP contribution in [0.4, 0.5) is 5.69 Å². The van der Waals surface area contributed by atoms with Crippen molar-refractivity contribution in [2.24, 2.45) is 0 Å². The van der Waals surface area contributed by atoms with E-state index >= 15 is 0 Å². The van der Waals surface area contributed by atoms with Gasteiger partial charge in [0.1, 0.15) is 5.76 Å². The molecule has 0 aliphatic heterocycles. The molecule has 3 aromatic rings. The summed E-state index contributed by atoms with van der Waals surface area (Å²) in [6.45, 7) is 0.0763. The molecule has 0 radical (unpaired) electrons. The lowest BCUT2D eigenvalue weighted by atomic mass is 10.3. The Labute approximate surface area is 168 Å². The predicted octanol–water partition coefficient (Wildman–Crippen LogP) is 3.88. The van der Waals surface area contributed by atoms with E-state index in [4.69, 9.17) is 4.42 Å². The fraction of sp³-hybridized carbons (Fsp3) is 0.150. The van der Waals surface area contributed by atoms with Gasteiger partial charge in [-0.2, -0.15) is 0 Å². The zero-order chi connectivity index (χ0) is 19.8. The van der Waals surface area contributed by atoms with Gasteiger partial charge in [0.15, 0.2) is 0 Å². The highest BCUT2D eigenvalue weighted by atomic mass is 32.2. The van der Waals surface area contributed by atoms with Crippen molar-refractivity contribution in [3.8, 4) is 0 Å². The van der Waals surface area contributed by atoms with Crippen molar-refractivity contribution in [3.05, 3.63) is 78.8 Å². The van der Waals surface area contributed by atoms with Gasteiger partial charge in [-0.1, -0.05) is 18.2 Å². The number of hydrogen-bond donors (Lipinski definition) is 2. The molecule has 146 valence electrons. The number of furan rings is 1. The van der Waals surface area contributed by atoms with Gasteiger partial charge in [-0.05, 0) is 48.5 Å². The molecule has 0 aliphatic rings. The summed E-state index contributed by atoms with van der Waals surface area (Å²) in [7, 11) is -3.65. The summed E-state index contributed by atoms with van der Waals surface area (Å²) in [6.07, 6.45) is 1.85. The maximum Gasteiger partial charge on any atom is 0.240 e. The molecule has 0 unspecified atom stereocenters. The summed E-state index contributed by atoms with van der Waals surface area (Å²) in [5.74, 6) is 1.08. The Morgan fingerprint density at radius 1 is 0.964 bits per heavy atom. The topological polar surface area (TPSA) is 88.4 Å². The van der Waals surface area contributed by atoms with Gasteiger partial charge in [0.25, 0.3) is 0 Å². The molecule has 1 heterocycles. The van der Waals surface area contributed by atoms with Crippen LogP contribution in [-0.2, 0) is 21.4 Å².